The normalized spacial score (nSPS) is 16.9. The predicted molar refractivity (Wildman–Crippen MR) is 142 cm³/mol. The van der Waals surface area contributed by atoms with Gasteiger partial charge in [-0.3, -0.25) is 9.59 Å². The summed E-state index contributed by atoms with van der Waals surface area (Å²) >= 11 is 0. The van der Waals surface area contributed by atoms with Crippen LogP contribution in [-0.2, 0) is 4.79 Å². The average Bonchev–Trinajstić information content (AvgIpc) is 2.91. The lowest BCUT2D eigenvalue weighted by atomic mass is 9.99. The molecule has 0 aromatic heterocycles. The Balaban J connectivity index is 1.28. The van der Waals surface area contributed by atoms with Gasteiger partial charge >= 0.3 is 0 Å². The van der Waals surface area contributed by atoms with Crippen LogP contribution in [0.5, 0.6) is 11.5 Å². The van der Waals surface area contributed by atoms with Gasteiger partial charge in [0, 0.05) is 30.9 Å². The summed E-state index contributed by atoms with van der Waals surface area (Å²) in [7, 11) is 1.63. The van der Waals surface area contributed by atoms with Crippen LogP contribution >= 0.6 is 0 Å². The van der Waals surface area contributed by atoms with E-state index >= 15 is 0 Å². The fourth-order valence-electron chi connectivity index (χ4n) is 5.00. The topological polar surface area (TPSA) is 62.3 Å². The highest BCUT2D eigenvalue weighted by Gasteiger charge is 2.29. The van der Waals surface area contributed by atoms with Crippen LogP contribution in [-0.4, -0.2) is 74.6 Å². The van der Waals surface area contributed by atoms with Crippen LogP contribution in [0.25, 0.3) is 0 Å². The monoisotopic (exact) mass is 493 g/mol. The molecule has 2 amide bonds. The molecule has 0 N–H and O–H groups in total. The lowest BCUT2D eigenvalue weighted by Gasteiger charge is -2.34. The quantitative estimate of drug-likeness (QED) is 0.479. The zero-order chi connectivity index (χ0) is 25.5. The van der Waals surface area contributed by atoms with Gasteiger partial charge < -0.3 is 24.2 Å². The van der Waals surface area contributed by atoms with Crippen LogP contribution in [0.2, 0.25) is 0 Å². The van der Waals surface area contributed by atoms with Gasteiger partial charge in [0.25, 0.3) is 5.91 Å². The van der Waals surface area contributed by atoms with Crippen LogP contribution in [0, 0.1) is 0 Å². The molecule has 0 saturated carbocycles. The smallest absolute Gasteiger partial charge is 0.254 e. The maximum absolute atomic E-state index is 13.1. The van der Waals surface area contributed by atoms with Crippen LogP contribution in [0.4, 0.5) is 5.69 Å². The summed E-state index contributed by atoms with van der Waals surface area (Å²) < 4.78 is 11.3. The molecule has 2 aliphatic rings. The van der Waals surface area contributed by atoms with Gasteiger partial charge in [0.2, 0.25) is 5.91 Å². The van der Waals surface area contributed by atoms with Crippen molar-refractivity contribution in [2.45, 2.75) is 45.4 Å². The molecule has 0 radical (unpaired) electrons. The molecule has 194 valence electrons. The molecular weight excluding hydrogens is 454 g/mol. The lowest BCUT2D eigenvalue weighted by molar-refractivity contribution is -0.120. The highest BCUT2D eigenvalue weighted by Crippen LogP contribution is 2.28. The Kier molecular flexibility index (Phi) is 8.86. The number of rotatable bonds is 9. The van der Waals surface area contributed by atoms with Crippen molar-refractivity contribution in [1.29, 1.82) is 0 Å². The van der Waals surface area contributed by atoms with Crippen molar-refractivity contribution in [3.63, 3.8) is 0 Å². The van der Waals surface area contributed by atoms with Crippen LogP contribution in [0.3, 0.4) is 0 Å². The fraction of sp³-hybridized carbons (Fsp3) is 0.517. The van der Waals surface area contributed by atoms with E-state index in [1.807, 2.05) is 36.4 Å². The van der Waals surface area contributed by atoms with Gasteiger partial charge in [0.15, 0.2) is 0 Å². The molecule has 0 atom stereocenters. The third-order valence-electron chi connectivity index (χ3n) is 7.09. The van der Waals surface area contributed by atoms with Crippen molar-refractivity contribution in [2.24, 2.45) is 0 Å². The second-order valence-corrected chi connectivity index (χ2v) is 9.98. The maximum Gasteiger partial charge on any atom is 0.254 e. The van der Waals surface area contributed by atoms with Gasteiger partial charge in [-0.2, -0.15) is 0 Å². The fourth-order valence-corrected chi connectivity index (χ4v) is 5.00. The van der Waals surface area contributed by atoms with Gasteiger partial charge in [0.1, 0.15) is 18.0 Å². The number of piperazine rings is 1. The molecule has 7 heteroatoms. The highest BCUT2D eigenvalue weighted by atomic mass is 16.5. The summed E-state index contributed by atoms with van der Waals surface area (Å²) in [6.45, 7) is 9.36. The van der Waals surface area contributed by atoms with Crippen molar-refractivity contribution in [1.82, 2.24) is 9.80 Å². The third-order valence-corrected chi connectivity index (χ3v) is 7.09. The lowest BCUT2D eigenvalue weighted by Crippen LogP contribution is -2.52. The van der Waals surface area contributed by atoms with Gasteiger partial charge in [-0.1, -0.05) is 20.3 Å². The van der Waals surface area contributed by atoms with E-state index < -0.39 is 0 Å². The minimum atomic E-state index is -0.124. The number of likely N-dealkylation sites (tertiary alicyclic amines) is 1. The second-order valence-electron chi connectivity index (χ2n) is 9.98. The summed E-state index contributed by atoms with van der Waals surface area (Å²) in [5.74, 6) is 1.62. The van der Waals surface area contributed by atoms with E-state index in [2.05, 4.69) is 18.7 Å². The van der Waals surface area contributed by atoms with E-state index in [1.54, 1.807) is 23.0 Å². The number of anilines is 1. The molecule has 0 spiro atoms. The predicted octanol–water partition coefficient (Wildman–Crippen LogP) is 4.56. The first kappa shape index (κ1) is 26.0. The minimum Gasteiger partial charge on any atom is -0.496 e. The summed E-state index contributed by atoms with van der Waals surface area (Å²) in [4.78, 5) is 32.0. The largest absolute Gasteiger partial charge is 0.496 e. The number of methoxy groups -OCH3 is 1. The SMILES string of the molecule is COc1ccc(C(=O)N2CCN(c3ccc(OCCCN4CCCCC4)cc3)C(=O)C2)cc1C(C)C. The molecule has 36 heavy (non-hydrogen) atoms. The van der Waals surface area contributed by atoms with Crippen LogP contribution in [0.15, 0.2) is 42.5 Å². The Morgan fingerprint density at radius 3 is 2.39 bits per heavy atom. The molecule has 2 saturated heterocycles. The van der Waals surface area contributed by atoms with E-state index in [-0.39, 0.29) is 24.3 Å². The Hall–Kier alpha value is -3.06. The molecule has 2 fully saturated rings. The average molecular weight is 494 g/mol. The number of piperidine rings is 1. The number of nitrogens with zero attached hydrogens (tertiary/aromatic N) is 3. The van der Waals surface area contributed by atoms with E-state index in [0.29, 0.717) is 25.3 Å². The highest BCUT2D eigenvalue weighted by molar-refractivity contribution is 6.01. The molecule has 0 bridgehead atoms. The minimum absolute atomic E-state index is 0.0661. The van der Waals surface area contributed by atoms with Crippen molar-refractivity contribution >= 4 is 17.5 Å². The zero-order valence-corrected chi connectivity index (χ0v) is 21.9. The van der Waals surface area contributed by atoms with E-state index in [1.165, 1.54) is 32.4 Å². The van der Waals surface area contributed by atoms with E-state index in [0.717, 1.165) is 35.7 Å². The number of carbonyl (C=O) groups excluding carboxylic acids is 2. The van der Waals surface area contributed by atoms with Gasteiger partial charge in [-0.15, -0.1) is 0 Å². The standard InChI is InChI=1S/C29H39N3O4/c1-22(2)26-20-23(8-13-27(26)35-3)29(34)31-17-18-32(28(33)21-31)24-9-11-25(12-10-24)36-19-7-16-30-14-5-4-6-15-30/h8-13,20,22H,4-7,14-19,21H2,1-3H3. The summed E-state index contributed by atoms with van der Waals surface area (Å²) in [6.07, 6.45) is 4.99. The Morgan fingerprint density at radius 1 is 0.972 bits per heavy atom. The Morgan fingerprint density at radius 2 is 1.72 bits per heavy atom. The van der Waals surface area contributed by atoms with Gasteiger partial charge in [0.05, 0.1) is 13.7 Å². The summed E-state index contributed by atoms with van der Waals surface area (Å²) in [6, 6.07) is 13.2. The number of hydrogen-bond acceptors (Lipinski definition) is 5. The molecule has 4 rings (SSSR count). The first-order chi connectivity index (χ1) is 17.5. The Bertz CT molecular complexity index is 1030. The summed E-state index contributed by atoms with van der Waals surface area (Å²) in [5, 5.41) is 0. The molecule has 2 aliphatic heterocycles. The van der Waals surface area contributed by atoms with Crippen molar-refractivity contribution < 1.29 is 19.1 Å². The van der Waals surface area contributed by atoms with Crippen LogP contribution < -0.4 is 14.4 Å². The third kappa shape index (κ3) is 6.38. The van der Waals surface area contributed by atoms with Crippen LogP contribution in [0.1, 0.15) is 61.4 Å². The zero-order valence-electron chi connectivity index (χ0n) is 21.9. The molecule has 7 nitrogen and oxygen atoms in total. The summed E-state index contributed by atoms with van der Waals surface area (Å²) in [5.41, 5.74) is 2.41. The number of amides is 2. The molecule has 2 aromatic carbocycles. The van der Waals surface area contributed by atoms with E-state index in [9.17, 15) is 9.59 Å². The Labute approximate surface area is 215 Å². The van der Waals surface area contributed by atoms with Crippen molar-refractivity contribution in [3.8, 4) is 11.5 Å². The van der Waals surface area contributed by atoms with Gasteiger partial charge in [-0.25, -0.2) is 0 Å². The molecule has 0 unspecified atom stereocenters. The van der Waals surface area contributed by atoms with Gasteiger partial charge in [-0.05, 0) is 86.3 Å². The number of benzene rings is 2. The van der Waals surface area contributed by atoms with Crippen molar-refractivity contribution in [2.75, 3.05) is 57.9 Å². The molecule has 0 aliphatic carbocycles. The van der Waals surface area contributed by atoms with Crippen molar-refractivity contribution in [3.05, 3.63) is 53.6 Å². The first-order valence-corrected chi connectivity index (χ1v) is 13.2. The number of carbonyl (C=O) groups is 2. The molecule has 2 heterocycles. The second kappa shape index (κ2) is 12.3. The number of ether oxygens (including phenoxy) is 2. The van der Waals surface area contributed by atoms with E-state index in [4.69, 9.17) is 9.47 Å². The molecular formula is C29H39N3O4. The first-order valence-electron chi connectivity index (χ1n) is 13.2. The number of hydrogen-bond donors (Lipinski definition) is 0. The maximum atomic E-state index is 13.1. The molecule has 2 aromatic rings.